The molecule has 0 aliphatic carbocycles. The van der Waals surface area contributed by atoms with Gasteiger partial charge in [0.05, 0.1) is 0 Å². The van der Waals surface area contributed by atoms with Gasteiger partial charge in [0.25, 0.3) is 0 Å². The monoisotopic (exact) mass is 191 g/mol. The normalized spacial score (nSPS) is 11.3. The van der Waals surface area contributed by atoms with E-state index in [-0.39, 0.29) is 0 Å². The first-order valence-corrected chi connectivity index (χ1v) is 5.50. The summed E-state index contributed by atoms with van der Waals surface area (Å²) < 4.78 is 0. The molecule has 0 aliphatic rings. The van der Waals surface area contributed by atoms with E-state index in [1.807, 2.05) is 12.4 Å². The van der Waals surface area contributed by atoms with E-state index in [1.54, 1.807) is 0 Å². The number of rotatable bonds is 4. The Morgan fingerprint density at radius 1 is 0.929 bits per heavy atom. The summed E-state index contributed by atoms with van der Waals surface area (Å²) in [6.45, 7) is 8.98. The predicted molar refractivity (Wildman–Crippen MR) is 61.3 cm³/mol. The smallest absolute Gasteiger partial charge is 0.0300 e. The Kier molecular flexibility index (Phi) is 4.12. The van der Waals surface area contributed by atoms with Gasteiger partial charge >= 0.3 is 0 Å². The van der Waals surface area contributed by atoms with Crippen LogP contribution in [0.5, 0.6) is 0 Å². The average molecular weight is 191 g/mol. The molecule has 1 heterocycles. The zero-order chi connectivity index (χ0) is 10.6. The molecule has 14 heavy (non-hydrogen) atoms. The molecule has 1 rings (SSSR count). The molecule has 0 atom stereocenters. The van der Waals surface area contributed by atoms with Crippen LogP contribution in [-0.4, -0.2) is 4.98 Å². The molecule has 1 nitrogen and oxygen atoms in total. The first-order chi connectivity index (χ1) is 6.58. The SMILES string of the molecule is CC(C)Cc1cncc(CC(C)C)c1. The minimum Gasteiger partial charge on any atom is -0.264 e. The molecular weight excluding hydrogens is 170 g/mol. The van der Waals surface area contributed by atoms with Gasteiger partial charge in [0.15, 0.2) is 0 Å². The maximum Gasteiger partial charge on any atom is 0.0300 e. The van der Waals surface area contributed by atoms with Gasteiger partial charge < -0.3 is 0 Å². The second kappa shape index (κ2) is 5.14. The van der Waals surface area contributed by atoms with Crippen LogP contribution in [0.3, 0.4) is 0 Å². The van der Waals surface area contributed by atoms with Gasteiger partial charge in [-0.2, -0.15) is 0 Å². The number of aromatic nitrogens is 1. The number of pyridine rings is 1. The Labute approximate surface area is 87.6 Å². The van der Waals surface area contributed by atoms with E-state index in [4.69, 9.17) is 0 Å². The van der Waals surface area contributed by atoms with Gasteiger partial charge in [0.1, 0.15) is 0 Å². The van der Waals surface area contributed by atoms with Crippen LogP contribution >= 0.6 is 0 Å². The second-order valence-electron chi connectivity index (χ2n) is 4.90. The summed E-state index contributed by atoms with van der Waals surface area (Å²) in [7, 11) is 0. The molecule has 0 unspecified atom stereocenters. The maximum absolute atomic E-state index is 4.29. The van der Waals surface area contributed by atoms with E-state index in [0.717, 1.165) is 12.8 Å². The van der Waals surface area contributed by atoms with Crippen molar-refractivity contribution in [3.05, 3.63) is 29.6 Å². The van der Waals surface area contributed by atoms with E-state index in [0.29, 0.717) is 11.8 Å². The Hall–Kier alpha value is -0.850. The van der Waals surface area contributed by atoms with Gasteiger partial charge in [-0.1, -0.05) is 33.8 Å². The Bertz CT molecular complexity index is 251. The summed E-state index contributed by atoms with van der Waals surface area (Å²) in [6, 6.07) is 2.30. The van der Waals surface area contributed by atoms with Crippen molar-refractivity contribution in [3.8, 4) is 0 Å². The van der Waals surface area contributed by atoms with Gasteiger partial charge in [-0.05, 0) is 35.8 Å². The summed E-state index contributed by atoms with van der Waals surface area (Å²) in [6.07, 6.45) is 6.26. The lowest BCUT2D eigenvalue weighted by atomic mass is 10.00. The minimum atomic E-state index is 0.714. The quantitative estimate of drug-likeness (QED) is 0.710. The molecule has 0 spiro atoms. The fourth-order valence-corrected chi connectivity index (χ4v) is 1.71. The highest BCUT2D eigenvalue weighted by atomic mass is 14.6. The largest absolute Gasteiger partial charge is 0.264 e. The fraction of sp³-hybridized carbons (Fsp3) is 0.615. The Morgan fingerprint density at radius 3 is 1.71 bits per heavy atom. The zero-order valence-electron chi connectivity index (χ0n) is 9.75. The molecule has 0 bridgehead atoms. The zero-order valence-corrected chi connectivity index (χ0v) is 9.75. The van der Waals surface area contributed by atoms with Crippen molar-refractivity contribution >= 4 is 0 Å². The van der Waals surface area contributed by atoms with E-state index in [9.17, 15) is 0 Å². The third-order valence-corrected chi connectivity index (χ3v) is 2.14. The summed E-state index contributed by atoms with van der Waals surface area (Å²) in [4.78, 5) is 4.29. The van der Waals surface area contributed by atoms with E-state index >= 15 is 0 Å². The van der Waals surface area contributed by atoms with Gasteiger partial charge in [-0.25, -0.2) is 0 Å². The standard InChI is InChI=1S/C13H21N/c1-10(2)5-12-7-13(6-11(3)4)9-14-8-12/h7-11H,5-6H2,1-4H3. The molecule has 0 N–H and O–H groups in total. The summed E-state index contributed by atoms with van der Waals surface area (Å²) in [5.41, 5.74) is 2.75. The van der Waals surface area contributed by atoms with Crippen LogP contribution in [0.1, 0.15) is 38.8 Å². The highest BCUT2D eigenvalue weighted by molar-refractivity contribution is 5.18. The van der Waals surface area contributed by atoms with Crippen molar-refractivity contribution in [3.63, 3.8) is 0 Å². The second-order valence-corrected chi connectivity index (χ2v) is 4.90. The molecule has 0 saturated carbocycles. The fourth-order valence-electron chi connectivity index (χ4n) is 1.71. The molecule has 0 saturated heterocycles. The first kappa shape index (κ1) is 11.2. The third kappa shape index (κ3) is 3.91. The van der Waals surface area contributed by atoms with Crippen molar-refractivity contribution in [2.45, 2.75) is 40.5 Å². The third-order valence-electron chi connectivity index (χ3n) is 2.14. The molecule has 0 amide bonds. The van der Waals surface area contributed by atoms with Crippen LogP contribution in [0.4, 0.5) is 0 Å². The van der Waals surface area contributed by atoms with Gasteiger partial charge in [0.2, 0.25) is 0 Å². The molecule has 0 fully saturated rings. The van der Waals surface area contributed by atoms with Crippen LogP contribution < -0.4 is 0 Å². The van der Waals surface area contributed by atoms with Crippen LogP contribution in [0.2, 0.25) is 0 Å². The summed E-state index contributed by atoms with van der Waals surface area (Å²) in [5.74, 6) is 1.43. The van der Waals surface area contributed by atoms with Crippen molar-refractivity contribution < 1.29 is 0 Å². The summed E-state index contributed by atoms with van der Waals surface area (Å²) in [5, 5.41) is 0. The Morgan fingerprint density at radius 2 is 1.36 bits per heavy atom. The van der Waals surface area contributed by atoms with E-state index in [1.165, 1.54) is 11.1 Å². The molecule has 0 aromatic carbocycles. The highest BCUT2D eigenvalue weighted by Gasteiger charge is 2.01. The minimum absolute atomic E-state index is 0.714. The number of nitrogens with zero attached hydrogens (tertiary/aromatic N) is 1. The molecule has 1 aromatic heterocycles. The van der Waals surface area contributed by atoms with E-state index in [2.05, 4.69) is 38.7 Å². The van der Waals surface area contributed by atoms with Crippen molar-refractivity contribution in [2.24, 2.45) is 11.8 Å². The van der Waals surface area contributed by atoms with Crippen LogP contribution in [0.25, 0.3) is 0 Å². The number of hydrogen-bond donors (Lipinski definition) is 0. The van der Waals surface area contributed by atoms with Crippen LogP contribution in [0, 0.1) is 11.8 Å². The van der Waals surface area contributed by atoms with Gasteiger partial charge in [-0.15, -0.1) is 0 Å². The molecule has 0 aliphatic heterocycles. The van der Waals surface area contributed by atoms with Crippen LogP contribution in [-0.2, 0) is 12.8 Å². The van der Waals surface area contributed by atoms with E-state index < -0.39 is 0 Å². The molecular formula is C13H21N. The van der Waals surface area contributed by atoms with Crippen molar-refractivity contribution in [1.29, 1.82) is 0 Å². The van der Waals surface area contributed by atoms with Crippen molar-refractivity contribution in [2.75, 3.05) is 0 Å². The topological polar surface area (TPSA) is 12.9 Å². The molecule has 1 aromatic rings. The van der Waals surface area contributed by atoms with Crippen molar-refractivity contribution in [1.82, 2.24) is 4.98 Å². The molecule has 0 radical (unpaired) electrons. The molecule has 1 heteroatoms. The lowest BCUT2D eigenvalue weighted by Gasteiger charge is -2.08. The van der Waals surface area contributed by atoms with Gasteiger partial charge in [0, 0.05) is 12.4 Å². The molecule has 78 valence electrons. The Balaban J connectivity index is 2.68. The first-order valence-electron chi connectivity index (χ1n) is 5.50. The predicted octanol–water partition coefficient (Wildman–Crippen LogP) is 3.48. The number of hydrogen-bond acceptors (Lipinski definition) is 1. The lowest BCUT2D eigenvalue weighted by molar-refractivity contribution is 0.633. The summed E-state index contributed by atoms with van der Waals surface area (Å²) >= 11 is 0. The lowest BCUT2D eigenvalue weighted by Crippen LogP contribution is -1.99. The highest BCUT2D eigenvalue weighted by Crippen LogP contribution is 2.12. The van der Waals surface area contributed by atoms with Crippen LogP contribution in [0.15, 0.2) is 18.5 Å². The van der Waals surface area contributed by atoms with Gasteiger partial charge in [-0.3, -0.25) is 4.98 Å². The maximum atomic E-state index is 4.29. The average Bonchev–Trinajstić information content (AvgIpc) is 2.01.